The Kier molecular flexibility index (Phi) is 26.9. The molecule has 0 aliphatic heterocycles. The van der Waals surface area contributed by atoms with E-state index in [0.29, 0.717) is 16.7 Å². The van der Waals surface area contributed by atoms with Crippen molar-refractivity contribution in [2.45, 2.75) is 140 Å². The van der Waals surface area contributed by atoms with E-state index in [9.17, 15) is 68.4 Å². The summed E-state index contributed by atoms with van der Waals surface area (Å²) in [5.41, 5.74) is 24.0. The van der Waals surface area contributed by atoms with Gasteiger partial charge in [0.2, 0.25) is 47.3 Å². The van der Waals surface area contributed by atoms with Crippen LogP contribution in [0.15, 0.2) is 83.9 Å². The predicted octanol–water partition coefficient (Wildman–Crippen LogP) is -1.18. The lowest BCUT2D eigenvalue weighted by atomic mass is 9.99. The van der Waals surface area contributed by atoms with Gasteiger partial charge in [0.15, 0.2) is 5.96 Å². The first-order valence-electron chi connectivity index (χ1n) is 26.0. The molecule has 0 aromatic heterocycles. The van der Waals surface area contributed by atoms with Crippen molar-refractivity contribution in [3.63, 3.8) is 0 Å². The Morgan fingerprint density at radius 3 is 1.34 bits per heavy atom. The van der Waals surface area contributed by atoms with Crippen molar-refractivity contribution in [1.29, 1.82) is 0 Å². The molecule has 0 unspecified atom stereocenters. The van der Waals surface area contributed by atoms with Crippen LogP contribution in [0, 0.1) is 11.8 Å². The summed E-state index contributed by atoms with van der Waals surface area (Å²) in [6.45, 7) is 7.07. The van der Waals surface area contributed by atoms with Gasteiger partial charge in [-0.3, -0.25) is 48.1 Å². The molecule has 0 spiro atoms. The van der Waals surface area contributed by atoms with Crippen LogP contribution in [0.1, 0.15) is 89.3 Å². The topological polar surface area (TPSA) is 452 Å². The molecule has 0 saturated heterocycles. The molecule has 26 nitrogen and oxygen atoms in total. The summed E-state index contributed by atoms with van der Waals surface area (Å²) in [6.07, 6.45) is -2.45. The molecule has 0 bridgehead atoms. The number of nitrogens with zero attached hydrogens (tertiary/aromatic N) is 1. The highest BCUT2D eigenvalue weighted by atomic mass is 16.4. The van der Waals surface area contributed by atoms with E-state index in [0.717, 1.165) is 0 Å². The highest BCUT2D eigenvalue weighted by Gasteiger charge is 2.36. The van der Waals surface area contributed by atoms with Crippen molar-refractivity contribution in [1.82, 2.24) is 37.2 Å². The Bertz CT molecular complexity index is 2620. The zero-order valence-corrected chi connectivity index (χ0v) is 45.2. The second-order valence-electron chi connectivity index (χ2n) is 20.1. The molecule has 3 aromatic carbocycles. The molecule has 0 aliphatic carbocycles. The molecule has 0 saturated carbocycles. The number of hydrogen-bond acceptors (Lipinski definition) is 14. The number of primary amides is 1. The van der Waals surface area contributed by atoms with Gasteiger partial charge in [-0.05, 0) is 91.3 Å². The van der Waals surface area contributed by atoms with Gasteiger partial charge >= 0.3 is 11.9 Å². The fraction of sp³-hybridized carbons (Fsp3) is 0.463. The van der Waals surface area contributed by atoms with E-state index in [-0.39, 0.29) is 80.8 Å². The van der Waals surface area contributed by atoms with E-state index in [4.69, 9.17) is 22.9 Å². The van der Waals surface area contributed by atoms with Gasteiger partial charge in [-0.1, -0.05) is 82.3 Å². The molecule has 19 N–H and O–H groups in total. The van der Waals surface area contributed by atoms with Gasteiger partial charge < -0.3 is 80.6 Å². The third-order valence-corrected chi connectivity index (χ3v) is 12.2. The average molecular weight is 1120 g/mol. The van der Waals surface area contributed by atoms with Crippen molar-refractivity contribution >= 4 is 65.2 Å². The average Bonchev–Trinajstić information content (AvgIpc) is 3.38. The molecule has 436 valence electrons. The first-order chi connectivity index (χ1) is 37.7. The number of phenols is 2. The quantitative estimate of drug-likeness (QED) is 0.0190. The number of phenolic OH excluding ortho intramolecular Hbond substituents is 2. The van der Waals surface area contributed by atoms with Gasteiger partial charge in [0.25, 0.3) is 0 Å². The zero-order valence-electron chi connectivity index (χ0n) is 45.2. The van der Waals surface area contributed by atoms with Crippen molar-refractivity contribution in [2.75, 3.05) is 6.54 Å². The smallest absolute Gasteiger partial charge is 0.326 e. The summed E-state index contributed by atoms with van der Waals surface area (Å²) >= 11 is 0. The minimum Gasteiger partial charge on any atom is -0.508 e. The molecule has 26 heteroatoms. The Morgan fingerprint density at radius 1 is 0.475 bits per heavy atom. The highest BCUT2D eigenvalue weighted by Crippen LogP contribution is 2.16. The number of guanidine groups is 1. The summed E-state index contributed by atoms with van der Waals surface area (Å²) in [4.78, 5) is 139. The van der Waals surface area contributed by atoms with Gasteiger partial charge in [0, 0.05) is 25.8 Å². The van der Waals surface area contributed by atoms with Gasteiger partial charge in [-0.15, -0.1) is 0 Å². The second-order valence-corrected chi connectivity index (χ2v) is 20.1. The second kappa shape index (κ2) is 32.8. The van der Waals surface area contributed by atoms with E-state index in [1.54, 1.807) is 58.0 Å². The Balaban J connectivity index is 2.01. The number of benzene rings is 3. The maximum absolute atomic E-state index is 14.7. The van der Waals surface area contributed by atoms with Crippen LogP contribution >= 0.6 is 0 Å². The molecule has 0 heterocycles. The summed E-state index contributed by atoms with van der Waals surface area (Å²) in [5.74, 6) is -11.2. The summed E-state index contributed by atoms with van der Waals surface area (Å²) in [7, 11) is 0. The SMILES string of the molecule is CC(C)C[C@H](NC(=O)[C@H](CC(C)C)NC(=O)[C@H](Cc1ccc(O)cc1)NC(=O)[C@H](Cc1ccccc1)NC(=O)[C@H](CCCN=C(N)N)NC(=O)[C@H](CC(=O)O)NC(=O)[C@H](CCC(N)=O)NC(=O)[C@@H](N)Cc1ccc(O)cc1)C(=O)O. The molecule has 0 radical (unpaired) electrons. The molecule has 80 heavy (non-hydrogen) atoms. The number of hydrogen-bond donors (Lipinski definition) is 15. The molecule has 0 aliphatic rings. The van der Waals surface area contributed by atoms with E-state index in [2.05, 4.69) is 42.2 Å². The fourth-order valence-electron chi connectivity index (χ4n) is 8.13. The minimum absolute atomic E-state index is 0.0120. The van der Waals surface area contributed by atoms with E-state index >= 15 is 0 Å². The molecule has 8 amide bonds. The van der Waals surface area contributed by atoms with E-state index in [1.807, 2.05) is 0 Å². The standard InChI is InChI=1S/C54H76N12O14/c1-29(2)23-39(49(75)66-43(53(79)80)24-30(3)4)62-50(76)41(27-33-14-18-35(68)19-15-33)64-51(77)40(26-31-9-6-5-7-10-31)63-47(73)37(11-8-22-59-54(57)58)61-52(78)42(28-45(70)71)65-48(74)38(20-21-44(56)69)60-46(72)36(55)25-32-12-16-34(67)17-13-32/h5-7,9-10,12-19,29-30,36-43,67-68H,8,11,20-28,55H2,1-4H3,(H2,56,69)(H,60,72)(H,61,78)(H,62,76)(H,63,73)(H,64,77)(H,65,74)(H,66,75)(H,70,71)(H,79,80)(H4,57,58,59)/t36-,37-,38-,39-,40-,41-,42-,43-/m0/s1. The van der Waals surface area contributed by atoms with Crippen LogP contribution in [0.5, 0.6) is 11.5 Å². The third kappa shape index (κ3) is 24.2. The number of carbonyl (C=O) groups is 10. The first kappa shape index (κ1) is 65.5. The lowest BCUT2D eigenvalue weighted by molar-refractivity contribution is -0.143. The monoisotopic (exact) mass is 1120 g/mol. The van der Waals surface area contributed by atoms with Gasteiger partial charge in [-0.2, -0.15) is 0 Å². The third-order valence-electron chi connectivity index (χ3n) is 12.2. The number of carbonyl (C=O) groups excluding carboxylic acids is 8. The molecule has 3 rings (SSSR count). The van der Waals surface area contributed by atoms with Crippen LogP contribution in [0.2, 0.25) is 0 Å². The predicted molar refractivity (Wildman–Crippen MR) is 292 cm³/mol. The molecular weight excluding hydrogens is 1040 g/mol. The number of nitrogens with one attached hydrogen (secondary N) is 7. The Morgan fingerprint density at radius 2 is 0.863 bits per heavy atom. The van der Waals surface area contributed by atoms with Crippen molar-refractivity contribution in [2.24, 2.45) is 39.8 Å². The largest absolute Gasteiger partial charge is 0.508 e. The number of carboxylic acids is 2. The van der Waals surface area contributed by atoms with Crippen LogP contribution in [0.25, 0.3) is 0 Å². The number of amides is 8. The normalized spacial score (nSPS) is 14.0. The summed E-state index contributed by atoms with van der Waals surface area (Å²) in [5, 5.41) is 57.0. The van der Waals surface area contributed by atoms with Gasteiger partial charge in [0.1, 0.15) is 53.8 Å². The van der Waals surface area contributed by atoms with Crippen LogP contribution in [-0.2, 0) is 67.2 Å². The lowest BCUT2D eigenvalue weighted by Gasteiger charge is -2.28. The minimum atomic E-state index is -1.93. The summed E-state index contributed by atoms with van der Waals surface area (Å²) < 4.78 is 0. The molecule has 3 aromatic rings. The van der Waals surface area contributed by atoms with Gasteiger partial charge in [0.05, 0.1) is 12.5 Å². The van der Waals surface area contributed by atoms with Gasteiger partial charge in [-0.25, -0.2) is 4.79 Å². The van der Waals surface area contributed by atoms with E-state index < -0.39 is 127 Å². The Labute approximate surface area is 463 Å². The summed E-state index contributed by atoms with van der Waals surface area (Å²) in [6, 6.07) is 7.93. The lowest BCUT2D eigenvalue weighted by Crippen LogP contribution is -2.61. The van der Waals surface area contributed by atoms with Crippen molar-refractivity contribution in [3.8, 4) is 11.5 Å². The van der Waals surface area contributed by atoms with Crippen LogP contribution < -0.4 is 60.2 Å². The first-order valence-corrected chi connectivity index (χ1v) is 26.0. The molecule has 8 atom stereocenters. The Hall–Kier alpha value is -8.81. The number of aliphatic imine (C=N–C) groups is 1. The molecule has 0 fully saturated rings. The van der Waals surface area contributed by atoms with Crippen LogP contribution in [0.3, 0.4) is 0 Å². The maximum Gasteiger partial charge on any atom is 0.326 e. The fourth-order valence-corrected chi connectivity index (χ4v) is 8.13. The van der Waals surface area contributed by atoms with Crippen LogP contribution in [0.4, 0.5) is 0 Å². The number of aliphatic carboxylic acids is 2. The maximum atomic E-state index is 14.7. The van der Waals surface area contributed by atoms with Crippen molar-refractivity contribution < 1.29 is 68.4 Å². The number of rotatable bonds is 34. The van der Waals surface area contributed by atoms with Crippen molar-refractivity contribution in [3.05, 3.63) is 95.6 Å². The molecular formula is C54H76N12O14. The number of nitrogens with two attached hydrogens (primary N) is 4. The number of aromatic hydroxyl groups is 2. The van der Waals surface area contributed by atoms with Crippen LogP contribution in [-0.4, -0.2) is 140 Å². The zero-order chi connectivity index (χ0) is 59.6. The van der Waals surface area contributed by atoms with E-state index in [1.165, 1.54) is 48.5 Å². The number of carboxylic acid groups (broad SMARTS) is 2. The highest BCUT2D eigenvalue weighted by molar-refractivity contribution is 5.98.